The van der Waals surface area contributed by atoms with Gasteiger partial charge < -0.3 is 9.80 Å². The maximum absolute atomic E-state index is 13.4. The first-order valence-electron chi connectivity index (χ1n) is 9.62. The van der Waals surface area contributed by atoms with Crippen LogP contribution in [0, 0.1) is 0 Å². The Morgan fingerprint density at radius 2 is 1.77 bits per heavy atom. The summed E-state index contributed by atoms with van der Waals surface area (Å²) >= 11 is 0. The van der Waals surface area contributed by atoms with Gasteiger partial charge in [-0.3, -0.25) is 9.36 Å². The van der Waals surface area contributed by atoms with E-state index in [-0.39, 0.29) is 11.4 Å². The summed E-state index contributed by atoms with van der Waals surface area (Å²) in [5.41, 5.74) is 1.03. The van der Waals surface area contributed by atoms with Crippen LogP contribution < -0.4 is 0 Å². The van der Waals surface area contributed by atoms with Crippen molar-refractivity contribution < 1.29 is 18.0 Å². The van der Waals surface area contributed by atoms with Gasteiger partial charge in [0.2, 0.25) is 5.91 Å². The third kappa shape index (κ3) is 4.09. The second kappa shape index (κ2) is 7.95. The van der Waals surface area contributed by atoms with E-state index in [1.165, 1.54) is 18.5 Å². The smallest absolute Gasteiger partial charge is 0.337 e. The molecule has 2 heterocycles. The standard InChI is InChI=1S/C22H21F3N4O/c1-27-9-11-28(12-10-27)20(30)8-7-16-13-17(22(23,24)25)14-19-21(16)29(15-26-19)18-5-3-2-4-6-18/h2-8,13-15H,9-12H2,1H3/b8-7-. The number of rotatable bonds is 3. The van der Waals surface area contributed by atoms with Gasteiger partial charge in [-0.25, -0.2) is 4.98 Å². The lowest BCUT2D eigenvalue weighted by Gasteiger charge is -2.31. The van der Waals surface area contributed by atoms with Crippen LogP contribution in [0.4, 0.5) is 13.2 Å². The van der Waals surface area contributed by atoms with E-state index >= 15 is 0 Å². The van der Waals surface area contributed by atoms with Crippen LogP contribution in [0.1, 0.15) is 11.1 Å². The molecule has 30 heavy (non-hydrogen) atoms. The van der Waals surface area contributed by atoms with E-state index in [1.807, 2.05) is 37.4 Å². The van der Waals surface area contributed by atoms with Gasteiger partial charge in [0.1, 0.15) is 6.33 Å². The number of carbonyl (C=O) groups excluding carboxylic acids is 1. The van der Waals surface area contributed by atoms with E-state index in [1.54, 1.807) is 9.47 Å². The molecule has 1 fully saturated rings. The van der Waals surface area contributed by atoms with Crippen molar-refractivity contribution in [2.75, 3.05) is 33.2 Å². The Balaban J connectivity index is 1.76. The minimum atomic E-state index is -4.51. The Morgan fingerprint density at radius 1 is 1.07 bits per heavy atom. The Bertz CT molecular complexity index is 1080. The number of imidazole rings is 1. The topological polar surface area (TPSA) is 41.4 Å². The monoisotopic (exact) mass is 414 g/mol. The number of fused-ring (bicyclic) bond motifs is 1. The Hall–Kier alpha value is -3.13. The Kier molecular flexibility index (Phi) is 5.34. The molecule has 1 amide bonds. The number of aromatic nitrogens is 2. The van der Waals surface area contributed by atoms with Gasteiger partial charge in [-0.15, -0.1) is 0 Å². The second-order valence-electron chi connectivity index (χ2n) is 7.34. The molecule has 1 aromatic heterocycles. The van der Waals surface area contributed by atoms with Crippen molar-refractivity contribution in [3.05, 3.63) is 66.0 Å². The molecule has 0 unspecified atom stereocenters. The van der Waals surface area contributed by atoms with Gasteiger partial charge in [0.25, 0.3) is 0 Å². The zero-order valence-electron chi connectivity index (χ0n) is 16.4. The molecule has 3 aromatic rings. The number of piperazine rings is 1. The minimum Gasteiger partial charge on any atom is -0.337 e. The third-order valence-electron chi connectivity index (χ3n) is 5.25. The highest BCUT2D eigenvalue weighted by Crippen LogP contribution is 2.34. The summed E-state index contributed by atoms with van der Waals surface area (Å²) in [6.07, 6.45) is -0.198. The van der Waals surface area contributed by atoms with Crippen LogP contribution >= 0.6 is 0 Å². The van der Waals surface area contributed by atoms with Crippen molar-refractivity contribution in [2.24, 2.45) is 0 Å². The number of benzene rings is 2. The van der Waals surface area contributed by atoms with Gasteiger partial charge in [-0.05, 0) is 37.4 Å². The molecule has 1 saturated heterocycles. The average Bonchev–Trinajstić information content (AvgIpc) is 3.16. The number of carbonyl (C=O) groups is 1. The zero-order chi connectivity index (χ0) is 21.3. The number of likely N-dealkylation sites (N-methyl/N-ethyl adjacent to an activating group) is 1. The van der Waals surface area contributed by atoms with Gasteiger partial charge >= 0.3 is 6.18 Å². The van der Waals surface area contributed by atoms with Crippen LogP contribution in [0.15, 0.2) is 54.9 Å². The Labute approximate surface area is 172 Å². The summed E-state index contributed by atoms with van der Waals surface area (Å²) in [5, 5.41) is 0. The molecule has 0 radical (unpaired) electrons. The molecule has 156 valence electrons. The first kappa shape index (κ1) is 20.2. The molecule has 0 spiro atoms. The molecule has 2 aromatic carbocycles. The molecule has 5 nitrogen and oxygen atoms in total. The highest BCUT2D eigenvalue weighted by Gasteiger charge is 2.32. The first-order chi connectivity index (χ1) is 14.3. The van der Waals surface area contributed by atoms with Crippen molar-refractivity contribution in [2.45, 2.75) is 6.18 Å². The number of halogens is 3. The molecule has 0 N–H and O–H groups in total. The number of hydrogen-bond donors (Lipinski definition) is 0. The van der Waals surface area contributed by atoms with Gasteiger partial charge in [-0.1, -0.05) is 18.2 Å². The number of alkyl halides is 3. The number of hydrogen-bond acceptors (Lipinski definition) is 3. The molecule has 1 aliphatic rings. The lowest BCUT2D eigenvalue weighted by atomic mass is 10.1. The quantitative estimate of drug-likeness (QED) is 0.612. The minimum absolute atomic E-state index is 0.209. The van der Waals surface area contributed by atoms with Crippen LogP contribution in [0.3, 0.4) is 0 Å². The predicted molar refractivity (Wildman–Crippen MR) is 109 cm³/mol. The normalized spacial score (nSPS) is 15.9. The molecule has 0 saturated carbocycles. The van der Waals surface area contributed by atoms with Gasteiger partial charge in [0.05, 0.1) is 16.6 Å². The summed E-state index contributed by atoms with van der Waals surface area (Å²) in [6.45, 7) is 2.74. The fourth-order valence-corrected chi connectivity index (χ4v) is 3.55. The largest absolute Gasteiger partial charge is 0.416 e. The van der Waals surface area contributed by atoms with Gasteiger partial charge in [-0.2, -0.15) is 13.2 Å². The van der Waals surface area contributed by atoms with Crippen LogP contribution in [0.2, 0.25) is 0 Å². The number of amides is 1. The summed E-state index contributed by atoms with van der Waals surface area (Å²) < 4.78 is 42.0. The fourth-order valence-electron chi connectivity index (χ4n) is 3.55. The van der Waals surface area contributed by atoms with E-state index < -0.39 is 11.7 Å². The van der Waals surface area contributed by atoms with E-state index in [2.05, 4.69) is 9.88 Å². The third-order valence-corrected chi connectivity index (χ3v) is 5.25. The molecule has 4 rings (SSSR count). The highest BCUT2D eigenvalue weighted by molar-refractivity contribution is 5.95. The molecular formula is C22H21F3N4O. The van der Waals surface area contributed by atoms with E-state index in [0.29, 0.717) is 24.2 Å². The first-order valence-corrected chi connectivity index (χ1v) is 9.62. The van der Waals surface area contributed by atoms with Crippen LogP contribution in [-0.2, 0) is 11.0 Å². The van der Waals surface area contributed by atoms with Crippen molar-refractivity contribution in [3.63, 3.8) is 0 Å². The summed E-state index contributed by atoms with van der Waals surface area (Å²) in [4.78, 5) is 20.6. The number of nitrogens with zero attached hydrogens (tertiary/aromatic N) is 4. The average molecular weight is 414 g/mol. The summed E-state index contributed by atoms with van der Waals surface area (Å²) in [7, 11) is 1.99. The molecule has 0 atom stereocenters. The summed E-state index contributed by atoms with van der Waals surface area (Å²) in [6, 6.07) is 11.4. The van der Waals surface area contributed by atoms with Crippen molar-refractivity contribution in [3.8, 4) is 5.69 Å². The molecule has 1 aliphatic heterocycles. The maximum Gasteiger partial charge on any atom is 0.416 e. The SMILES string of the molecule is CN1CCN(C(=O)/C=C\c2cc(C(F)(F)F)cc3ncn(-c4ccccc4)c23)CC1. The summed E-state index contributed by atoms with van der Waals surface area (Å²) in [5.74, 6) is -0.209. The molecule has 8 heteroatoms. The highest BCUT2D eigenvalue weighted by atomic mass is 19.4. The van der Waals surface area contributed by atoms with Gasteiger partial charge in [0.15, 0.2) is 0 Å². The fraction of sp³-hybridized carbons (Fsp3) is 0.273. The number of para-hydroxylation sites is 1. The van der Waals surface area contributed by atoms with Crippen molar-refractivity contribution in [1.82, 2.24) is 19.4 Å². The van der Waals surface area contributed by atoms with Crippen LogP contribution in [-0.4, -0.2) is 58.5 Å². The van der Waals surface area contributed by atoms with E-state index in [0.717, 1.165) is 30.9 Å². The zero-order valence-corrected chi connectivity index (χ0v) is 16.4. The maximum atomic E-state index is 13.4. The predicted octanol–water partition coefficient (Wildman–Crippen LogP) is 3.83. The molecular weight excluding hydrogens is 393 g/mol. The van der Waals surface area contributed by atoms with E-state index in [4.69, 9.17) is 0 Å². The van der Waals surface area contributed by atoms with Crippen LogP contribution in [0.25, 0.3) is 22.8 Å². The van der Waals surface area contributed by atoms with Crippen LogP contribution in [0.5, 0.6) is 0 Å². The lowest BCUT2D eigenvalue weighted by molar-refractivity contribution is -0.137. The second-order valence-corrected chi connectivity index (χ2v) is 7.34. The van der Waals surface area contributed by atoms with Crippen molar-refractivity contribution in [1.29, 1.82) is 0 Å². The molecule has 0 aliphatic carbocycles. The van der Waals surface area contributed by atoms with E-state index in [9.17, 15) is 18.0 Å². The lowest BCUT2D eigenvalue weighted by Crippen LogP contribution is -2.46. The Morgan fingerprint density at radius 3 is 2.43 bits per heavy atom. The van der Waals surface area contributed by atoms with Gasteiger partial charge in [0, 0.05) is 43.5 Å². The molecule has 0 bridgehead atoms. The van der Waals surface area contributed by atoms with Crippen molar-refractivity contribution >= 4 is 23.0 Å².